The van der Waals surface area contributed by atoms with Gasteiger partial charge >= 0.3 is 0 Å². The molecule has 0 aromatic carbocycles. The molecule has 3 nitrogen and oxygen atoms in total. The lowest BCUT2D eigenvalue weighted by atomic mass is 10.1. The van der Waals surface area contributed by atoms with Gasteiger partial charge in [-0.3, -0.25) is 4.99 Å². The van der Waals surface area contributed by atoms with Gasteiger partial charge in [0, 0.05) is 18.3 Å². The van der Waals surface area contributed by atoms with Crippen LogP contribution in [0.1, 0.15) is 39.0 Å². The molecule has 3 atom stereocenters. The zero-order valence-electron chi connectivity index (χ0n) is 11.4. The smallest absolute Gasteiger partial charge is 0.157 e. The van der Waals surface area contributed by atoms with Crippen LogP contribution in [0.4, 0.5) is 0 Å². The van der Waals surface area contributed by atoms with E-state index >= 15 is 0 Å². The van der Waals surface area contributed by atoms with Crippen LogP contribution in [-0.2, 0) is 0 Å². The van der Waals surface area contributed by atoms with Gasteiger partial charge in [0.2, 0.25) is 0 Å². The van der Waals surface area contributed by atoms with Crippen molar-refractivity contribution >= 4 is 16.9 Å². The first-order chi connectivity index (χ1) is 8.81. The Morgan fingerprint density at radius 3 is 3.00 bits per heavy atom. The molecule has 0 aromatic rings. The van der Waals surface area contributed by atoms with Gasteiger partial charge in [0.25, 0.3) is 0 Å². The lowest BCUT2D eigenvalue weighted by Gasteiger charge is -2.27. The standard InChI is InChI=1S/C14H25N3S/c1-11(9-17-7-2-3-8-17)15-14-16-13-6-4-5-12(13)10-18-14/h11-13H,2-10H2,1H3,(H,15,16). The van der Waals surface area contributed by atoms with E-state index in [1.54, 1.807) is 0 Å². The average molecular weight is 267 g/mol. The highest BCUT2D eigenvalue weighted by Crippen LogP contribution is 2.35. The Morgan fingerprint density at radius 2 is 2.17 bits per heavy atom. The predicted molar refractivity (Wildman–Crippen MR) is 79.3 cm³/mol. The van der Waals surface area contributed by atoms with Gasteiger partial charge in [-0.2, -0.15) is 0 Å². The van der Waals surface area contributed by atoms with E-state index in [1.165, 1.54) is 62.7 Å². The molecule has 3 aliphatic rings. The molecule has 1 saturated carbocycles. The van der Waals surface area contributed by atoms with E-state index in [2.05, 4.69) is 17.1 Å². The number of nitrogens with one attached hydrogen (secondary N) is 1. The molecule has 3 rings (SSSR count). The normalized spacial score (nSPS) is 34.2. The summed E-state index contributed by atoms with van der Waals surface area (Å²) in [6, 6.07) is 1.17. The van der Waals surface area contributed by atoms with E-state index in [4.69, 9.17) is 4.99 Å². The lowest BCUT2D eigenvalue weighted by Crippen LogP contribution is -2.42. The summed E-state index contributed by atoms with van der Waals surface area (Å²) >= 11 is 1.95. The number of likely N-dealkylation sites (tertiary alicyclic amines) is 1. The van der Waals surface area contributed by atoms with Gasteiger partial charge in [-0.1, -0.05) is 18.2 Å². The molecule has 0 bridgehead atoms. The number of hydrogen-bond acceptors (Lipinski definition) is 4. The number of aliphatic imine (C=N–C) groups is 1. The summed E-state index contributed by atoms with van der Waals surface area (Å²) in [7, 11) is 0. The summed E-state index contributed by atoms with van der Waals surface area (Å²) in [6.07, 6.45) is 6.86. The molecule has 18 heavy (non-hydrogen) atoms. The van der Waals surface area contributed by atoms with Crippen molar-refractivity contribution in [2.24, 2.45) is 10.9 Å². The van der Waals surface area contributed by atoms with Gasteiger partial charge in [0.15, 0.2) is 5.17 Å². The van der Waals surface area contributed by atoms with Crippen molar-refractivity contribution in [2.75, 3.05) is 25.4 Å². The molecule has 3 unspecified atom stereocenters. The maximum atomic E-state index is 4.91. The number of thioether (sulfide) groups is 1. The van der Waals surface area contributed by atoms with Gasteiger partial charge in [0.05, 0.1) is 6.04 Å². The summed E-state index contributed by atoms with van der Waals surface area (Å²) in [6.45, 7) is 6.04. The van der Waals surface area contributed by atoms with Crippen LogP contribution in [-0.4, -0.2) is 47.5 Å². The maximum Gasteiger partial charge on any atom is 0.157 e. The van der Waals surface area contributed by atoms with Crippen molar-refractivity contribution in [1.29, 1.82) is 0 Å². The van der Waals surface area contributed by atoms with Gasteiger partial charge < -0.3 is 10.2 Å². The van der Waals surface area contributed by atoms with Crippen molar-refractivity contribution in [1.82, 2.24) is 10.2 Å². The molecule has 0 spiro atoms. The van der Waals surface area contributed by atoms with Crippen LogP contribution in [0, 0.1) is 5.92 Å². The quantitative estimate of drug-likeness (QED) is 0.850. The van der Waals surface area contributed by atoms with Crippen LogP contribution in [0.5, 0.6) is 0 Å². The molecular weight excluding hydrogens is 242 g/mol. The fourth-order valence-corrected chi connectivity index (χ4v) is 4.70. The highest BCUT2D eigenvalue weighted by Gasteiger charge is 2.31. The lowest BCUT2D eigenvalue weighted by molar-refractivity contribution is 0.312. The summed E-state index contributed by atoms with van der Waals surface area (Å²) < 4.78 is 0. The molecule has 2 aliphatic heterocycles. The molecule has 1 aliphatic carbocycles. The minimum absolute atomic E-state index is 0.535. The molecule has 4 heteroatoms. The molecule has 0 amide bonds. The zero-order chi connectivity index (χ0) is 12.4. The predicted octanol–water partition coefficient (Wildman–Crippen LogP) is 2.33. The Kier molecular flexibility index (Phi) is 4.14. The Balaban J connectivity index is 1.49. The van der Waals surface area contributed by atoms with Crippen molar-refractivity contribution in [3.63, 3.8) is 0 Å². The molecule has 2 fully saturated rings. The van der Waals surface area contributed by atoms with E-state index in [9.17, 15) is 0 Å². The molecule has 0 aromatic heterocycles. The topological polar surface area (TPSA) is 27.6 Å². The Labute approximate surface area is 115 Å². The van der Waals surface area contributed by atoms with Crippen LogP contribution >= 0.6 is 11.8 Å². The second-order valence-corrected chi connectivity index (χ2v) is 7.07. The number of amidine groups is 1. The molecule has 1 N–H and O–H groups in total. The van der Waals surface area contributed by atoms with Crippen LogP contribution in [0.25, 0.3) is 0 Å². The maximum absolute atomic E-state index is 4.91. The van der Waals surface area contributed by atoms with Crippen molar-refractivity contribution in [3.8, 4) is 0 Å². The minimum atomic E-state index is 0.535. The van der Waals surface area contributed by atoms with E-state index in [0.29, 0.717) is 12.1 Å². The Bertz CT molecular complexity index is 312. The molecule has 102 valence electrons. The van der Waals surface area contributed by atoms with Gasteiger partial charge in [-0.05, 0) is 51.6 Å². The summed E-state index contributed by atoms with van der Waals surface area (Å²) in [5, 5.41) is 4.84. The van der Waals surface area contributed by atoms with Gasteiger partial charge in [-0.15, -0.1) is 0 Å². The largest absolute Gasteiger partial charge is 0.361 e. The fraction of sp³-hybridized carbons (Fsp3) is 0.929. The second-order valence-electron chi connectivity index (χ2n) is 6.06. The van der Waals surface area contributed by atoms with E-state index in [1.807, 2.05) is 11.8 Å². The van der Waals surface area contributed by atoms with Crippen LogP contribution < -0.4 is 5.32 Å². The molecule has 1 saturated heterocycles. The summed E-state index contributed by atoms with van der Waals surface area (Å²) in [5.41, 5.74) is 0. The van der Waals surface area contributed by atoms with Crippen molar-refractivity contribution in [2.45, 2.75) is 51.1 Å². The van der Waals surface area contributed by atoms with Crippen molar-refractivity contribution in [3.05, 3.63) is 0 Å². The third-order valence-corrected chi connectivity index (χ3v) is 5.53. The fourth-order valence-electron chi connectivity index (χ4n) is 3.44. The van der Waals surface area contributed by atoms with Crippen molar-refractivity contribution < 1.29 is 0 Å². The molecule has 2 heterocycles. The monoisotopic (exact) mass is 267 g/mol. The highest BCUT2D eigenvalue weighted by molar-refractivity contribution is 8.13. The second kappa shape index (κ2) is 5.83. The third-order valence-electron chi connectivity index (χ3n) is 4.44. The highest BCUT2D eigenvalue weighted by atomic mass is 32.2. The first kappa shape index (κ1) is 12.8. The van der Waals surface area contributed by atoms with E-state index < -0.39 is 0 Å². The number of fused-ring (bicyclic) bond motifs is 1. The van der Waals surface area contributed by atoms with Crippen LogP contribution in [0.2, 0.25) is 0 Å². The SMILES string of the molecule is CC(CN1CCCC1)NC1=NC2CCCC2CS1. The summed E-state index contributed by atoms with van der Waals surface area (Å²) in [5.74, 6) is 2.15. The third kappa shape index (κ3) is 3.02. The number of hydrogen-bond donors (Lipinski definition) is 1. The van der Waals surface area contributed by atoms with Crippen LogP contribution in [0.15, 0.2) is 4.99 Å². The molecular formula is C14H25N3S. The van der Waals surface area contributed by atoms with E-state index in [0.717, 1.165) is 5.92 Å². The zero-order valence-corrected chi connectivity index (χ0v) is 12.2. The van der Waals surface area contributed by atoms with Gasteiger partial charge in [0.1, 0.15) is 0 Å². The number of rotatable bonds is 3. The Morgan fingerprint density at radius 1 is 1.33 bits per heavy atom. The van der Waals surface area contributed by atoms with Gasteiger partial charge in [-0.25, -0.2) is 0 Å². The first-order valence-corrected chi connectivity index (χ1v) is 8.49. The van der Waals surface area contributed by atoms with Crippen LogP contribution in [0.3, 0.4) is 0 Å². The first-order valence-electron chi connectivity index (χ1n) is 7.51. The number of nitrogens with zero attached hydrogens (tertiary/aromatic N) is 2. The average Bonchev–Trinajstić information content (AvgIpc) is 2.98. The molecule has 0 radical (unpaired) electrons. The summed E-state index contributed by atoms with van der Waals surface area (Å²) in [4.78, 5) is 7.48. The van der Waals surface area contributed by atoms with E-state index in [-0.39, 0.29) is 0 Å². The minimum Gasteiger partial charge on any atom is -0.361 e. The Hall–Kier alpha value is -0.220.